The molecular weight excluding hydrogens is 204 g/mol. The fraction of sp³-hybridized carbons (Fsp3) is 0. The number of H-pyrrole nitrogens is 1. The SMILES string of the molecule is N#Cc1ccc(NC(=O)c2cn[nH]c2)cc1. The average Bonchev–Trinajstić information content (AvgIpc) is 2.83. The van der Waals surface area contributed by atoms with E-state index in [4.69, 9.17) is 5.26 Å². The lowest BCUT2D eigenvalue weighted by Gasteiger charge is -2.02. The molecule has 0 spiro atoms. The second kappa shape index (κ2) is 4.28. The normalized spacial score (nSPS) is 9.44. The van der Waals surface area contributed by atoms with E-state index in [0.29, 0.717) is 16.8 Å². The Hall–Kier alpha value is -2.61. The highest BCUT2D eigenvalue weighted by Crippen LogP contribution is 2.10. The van der Waals surface area contributed by atoms with Gasteiger partial charge in [-0.2, -0.15) is 10.4 Å². The zero-order valence-corrected chi connectivity index (χ0v) is 8.27. The molecule has 5 heteroatoms. The van der Waals surface area contributed by atoms with Gasteiger partial charge in [0, 0.05) is 11.9 Å². The molecule has 2 N–H and O–H groups in total. The van der Waals surface area contributed by atoms with Crippen LogP contribution < -0.4 is 5.32 Å². The van der Waals surface area contributed by atoms with Gasteiger partial charge in [-0.1, -0.05) is 0 Å². The third kappa shape index (κ3) is 2.07. The molecule has 0 radical (unpaired) electrons. The summed E-state index contributed by atoms with van der Waals surface area (Å²) in [6, 6.07) is 8.65. The fourth-order valence-corrected chi connectivity index (χ4v) is 1.21. The molecule has 5 nitrogen and oxygen atoms in total. The lowest BCUT2D eigenvalue weighted by atomic mass is 10.2. The van der Waals surface area contributed by atoms with Crippen LogP contribution in [0.15, 0.2) is 36.7 Å². The standard InChI is InChI=1S/C11H8N4O/c12-5-8-1-3-10(4-2-8)15-11(16)9-6-13-14-7-9/h1-4,6-7H,(H,13,14)(H,15,16). The van der Waals surface area contributed by atoms with E-state index in [2.05, 4.69) is 15.5 Å². The fourth-order valence-electron chi connectivity index (χ4n) is 1.21. The summed E-state index contributed by atoms with van der Waals surface area (Å²) in [6.07, 6.45) is 2.96. The molecule has 1 heterocycles. The molecule has 0 aliphatic carbocycles. The number of carbonyl (C=O) groups is 1. The number of hydrogen-bond acceptors (Lipinski definition) is 3. The summed E-state index contributed by atoms with van der Waals surface area (Å²) < 4.78 is 0. The van der Waals surface area contributed by atoms with Gasteiger partial charge in [-0.3, -0.25) is 9.89 Å². The number of nitrogens with one attached hydrogen (secondary N) is 2. The van der Waals surface area contributed by atoms with E-state index in [-0.39, 0.29) is 5.91 Å². The molecule has 0 saturated heterocycles. The molecule has 0 unspecified atom stereocenters. The molecule has 0 saturated carbocycles. The molecule has 1 aromatic carbocycles. The maximum atomic E-state index is 11.6. The number of benzene rings is 1. The third-order valence-electron chi connectivity index (χ3n) is 2.03. The average molecular weight is 212 g/mol. The van der Waals surface area contributed by atoms with Crippen molar-refractivity contribution < 1.29 is 4.79 Å². The van der Waals surface area contributed by atoms with E-state index < -0.39 is 0 Å². The Kier molecular flexibility index (Phi) is 2.65. The first kappa shape index (κ1) is 9.93. The molecule has 1 amide bonds. The largest absolute Gasteiger partial charge is 0.322 e. The monoisotopic (exact) mass is 212 g/mol. The zero-order chi connectivity index (χ0) is 11.4. The zero-order valence-electron chi connectivity index (χ0n) is 8.27. The van der Waals surface area contributed by atoms with Gasteiger partial charge < -0.3 is 5.32 Å². The highest BCUT2D eigenvalue weighted by molar-refractivity contribution is 6.03. The van der Waals surface area contributed by atoms with Crippen LogP contribution in [0, 0.1) is 11.3 Å². The Morgan fingerprint density at radius 1 is 1.38 bits per heavy atom. The molecule has 16 heavy (non-hydrogen) atoms. The van der Waals surface area contributed by atoms with Gasteiger partial charge in [-0.25, -0.2) is 0 Å². The molecule has 1 aromatic heterocycles. The maximum absolute atomic E-state index is 11.6. The van der Waals surface area contributed by atoms with Crippen LogP contribution in [-0.4, -0.2) is 16.1 Å². The van der Waals surface area contributed by atoms with E-state index in [9.17, 15) is 4.79 Å². The number of aromatic amines is 1. The van der Waals surface area contributed by atoms with Crippen LogP contribution in [0.1, 0.15) is 15.9 Å². The number of carbonyl (C=O) groups excluding carboxylic acids is 1. The minimum Gasteiger partial charge on any atom is -0.322 e. The first-order valence-electron chi connectivity index (χ1n) is 4.60. The van der Waals surface area contributed by atoms with Crippen LogP contribution in [-0.2, 0) is 0 Å². The molecule has 78 valence electrons. The van der Waals surface area contributed by atoms with Gasteiger partial charge in [-0.15, -0.1) is 0 Å². The van der Waals surface area contributed by atoms with Gasteiger partial charge in [-0.05, 0) is 24.3 Å². The number of nitrogens with zero attached hydrogens (tertiary/aromatic N) is 2. The maximum Gasteiger partial charge on any atom is 0.258 e. The van der Waals surface area contributed by atoms with Crippen LogP contribution in [0.4, 0.5) is 5.69 Å². The van der Waals surface area contributed by atoms with E-state index in [1.165, 1.54) is 12.4 Å². The minimum atomic E-state index is -0.238. The minimum absolute atomic E-state index is 0.238. The van der Waals surface area contributed by atoms with E-state index in [0.717, 1.165) is 0 Å². The molecule has 0 aliphatic heterocycles. The molecule has 0 bridgehead atoms. The highest BCUT2D eigenvalue weighted by atomic mass is 16.1. The van der Waals surface area contributed by atoms with Crippen LogP contribution in [0.5, 0.6) is 0 Å². The van der Waals surface area contributed by atoms with Crippen LogP contribution in [0.3, 0.4) is 0 Å². The molecule has 0 atom stereocenters. The van der Waals surface area contributed by atoms with Gasteiger partial charge in [0.15, 0.2) is 0 Å². The summed E-state index contributed by atoms with van der Waals surface area (Å²) in [7, 11) is 0. The molecular formula is C11H8N4O. The van der Waals surface area contributed by atoms with Crippen LogP contribution >= 0.6 is 0 Å². The number of rotatable bonds is 2. The lowest BCUT2D eigenvalue weighted by molar-refractivity contribution is 0.102. The highest BCUT2D eigenvalue weighted by Gasteiger charge is 2.06. The summed E-state index contributed by atoms with van der Waals surface area (Å²) >= 11 is 0. The molecule has 0 fully saturated rings. The molecule has 0 aliphatic rings. The first-order chi connectivity index (χ1) is 7.79. The summed E-state index contributed by atoms with van der Waals surface area (Å²) in [5.41, 5.74) is 1.66. The quantitative estimate of drug-likeness (QED) is 0.792. The summed E-state index contributed by atoms with van der Waals surface area (Å²) in [5, 5.41) is 17.5. The number of nitriles is 1. The molecule has 2 aromatic rings. The molecule has 2 rings (SSSR count). The van der Waals surface area contributed by atoms with Gasteiger partial charge >= 0.3 is 0 Å². The van der Waals surface area contributed by atoms with E-state index in [1.807, 2.05) is 6.07 Å². The Morgan fingerprint density at radius 2 is 2.12 bits per heavy atom. The van der Waals surface area contributed by atoms with Gasteiger partial charge in [0.25, 0.3) is 5.91 Å². The van der Waals surface area contributed by atoms with Gasteiger partial charge in [0.1, 0.15) is 0 Å². The Balaban J connectivity index is 2.10. The number of anilines is 1. The number of amides is 1. The summed E-state index contributed by atoms with van der Waals surface area (Å²) in [4.78, 5) is 11.6. The number of hydrogen-bond donors (Lipinski definition) is 2. The summed E-state index contributed by atoms with van der Waals surface area (Å²) in [5.74, 6) is -0.238. The Bertz CT molecular complexity index is 522. The van der Waals surface area contributed by atoms with Crippen molar-refractivity contribution in [3.05, 3.63) is 47.8 Å². The van der Waals surface area contributed by atoms with Crippen molar-refractivity contribution in [2.75, 3.05) is 5.32 Å². The smallest absolute Gasteiger partial charge is 0.258 e. The number of aromatic nitrogens is 2. The Labute approximate surface area is 91.7 Å². The van der Waals surface area contributed by atoms with Gasteiger partial charge in [0.2, 0.25) is 0 Å². The van der Waals surface area contributed by atoms with Crippen molar-refractivity contribution >= 4 is 11.6 Å². The van der Waals surface area contributed by atoms with Crippen molar-refractivity contribution in [2.24, 2.45) is 0 Å². The van der Waals surface area contributed by atoms with E-state index >= 15 is 0 Å². The Morgan fingerprint density at radius 3 is 2.69 bits per heavy atom. The predicted molar refractivity (Wildman–Crippen MR) is 57.7 cm³/mol. The lowest BCUT2D eigenvalue weighted by Crippen LogP contribution is -2.10. The predicted octanol–water partition coefficient (Wildman–Crippen LogP) is 1.53. The first-order valence-corrected chi connectivity index (χ1v) is 4.60. The second-order valence-corrected chi connectivity index (χ2v) is 3.13. The van der Waals surface area contributed by atoms with Gasteiger partial charge in [0.05, 0.1) is 23.4 Å². The third-order valence-corrected chi connectivity index (χ3v) is 2.03. The van der Waals surface area contributed by atoms with Crippen molar-refractivity contribution in [2.45, 2.75) is 0 Å². The van der Waals surface area contributed by atoms with Crippen molar-refractivity contribution in [3.8, 4) is 6.07 Å². The second-order valence-electron chi connectivity index (χ2n) is 3.13. The topological polar surface area (TPSA) is 81.6 Å². The van der Waals surface area contributed by atoms with Crippen molar-refractivity contribution in [1.82, 2.24) is 10.2 Å². The summed E-state index contributed by atoms with van der Waals surface area (Å²) in [6.45, 7) is 0. The van der Waals surface area contributed by atoms with Crippen molar-refractivity contribution in [1.29, 1.82) is 5.26 Å². The van der Waals surface area contributed by atoms with Crippen LogP contribution in [0.25, 0.3) is 0 Å². The van der Waals surface area contributed by atoms with Crippen LogP contribution in [0.2, 0.25) is 0 Å². The van der Waals surface area contributed by atoms with E-state index in [1.54, 1.807) is 24.3 Å². The van der Waals surface area contributed by atoms with Crippen molar-refractivity contribution in [3.63, 3.8) is 0 Å².